The quantitative estimate of drug-likeness (QED) is 0.244. The Morgan fingerprint density at radius 3 is 2.26 bits per heavy atom. The third-order valence-corrected chi connectivity index (χ3v) is 9.04. The zero-order chi connectivity index (χ0) is 24.2. The SMILES string of the molecule is O=C(c1ccc(OCCN2CCCCCC2)cc1)c1c(-c2ccc(O)cc2)[se]c2cc(O)ccc12. The van der Waals surface area contributed by atoms with Crippen LogP contribution in [0.4, 0.5) is 0 Å². The molecule has 0 bridgehead atoms. The molecule has 4 aromatic rings. The molecule has 6 heteroatoms. The molecule has 3 aromatic carbocycles. The van der Waals surface area contributed by atoms with Crippen molar-refractivity contribution in [2.24, 2.45) is 0 Å². The van der Waals surface area contributed by atoms with Crippen molar-refractivity contribution < 1.29 is 19.7 Å². The van der Waals surface area contributed by atoms with Crippen molar-refractivity contribution in [2.45, 2.75) is 25.7 Å². The van der Waals surface area contributed by atoms with Gasteiger partial charge in [0.05, 0.1) is 0 Å². The molecule has 0 radical (unpaired) electrons. The number of ketones is 1. The van der Waals surface area contributed by atoms with Gasteiger partial charge in [-0.05, 0) is 12.8 Å². The van der Waals surface area contributed by atoms with Gasteiger partial charge < -0.3 is 0 Å². The monoisotopic (exact) mass is 535 g/mol. The maximum atomic E-state index is 13.7. The summed E-state index contributed by atoms with van der Waals surface area (Å²) in [6.45, 7) is 3.87. The molecule has 0 spiro atoms. The van der Waals surface area contributed by atoms with Crippen LogP contribution in [-0.2, 0) is 0 Å². The number of nitrogens with zero attached hydrogens (tertiary/aromatic N) is 1. The molecule has 0 atom stereocenters. The van der Waals surface area contributed by atoms with Crippen LogP contribution in [0.2, 0.25) is 0 Å². The number of aromatic hydroxyl groups is 2. The Bertz CT molecular complexity index is 1300. The van der Waals surface area contributed by atoms with E-state index in [0.717, 1.165) is 45.0 Å². The summed E-state index contributed by atoms with van der Waals surface area (Å²) in [7, 11) is 0. The van der Waals surface area contributed by atoms with Gasteiger partial charge in [-0.3, -0.25) is 0 Å². The Balaban J connectivity index is 1.36. The number of hydrogen-bond acceptors (Lipinski definition) is 5. The van der Waals surface area contributed by atoms with E-state index in [9.17, 15) is 15.0 Å². The Morgan fingerprint density at radius 1 is 0.857 bits per heavy atom. The summed E-state index contributed by atoms with van der Waals surface area (Å²) < 4.78 is 7.91. The maximum absolute atomic E-state index is 13.7. The van der Waals surface area contributed by atoms with E-state index in [2.05, 4.69) is 4.90 Å². The van der Waals surface area contributed by atoms with E-state index in [4.69, 9.17) is 4.74 Å². The van der Waals surface area contributed by atoms with Crippen LogP contribution in [0.1, 0.15) is 41.6 Å². The molecule has 1 aliphatic rings. The number of benzene rings is 3. The molecule has 2 N–H and O–H groups in total. The topological polar surface area (TPSA) is 70.0 Å². The predicted octanol–water partition coefficient (Wildman–Crippen LogP) is 5.46. The van der Waals surface area contributed by atoms with Gasteiger partial charge in [-0.25, -0.2) is 0 Å². The molecule has 5 rings (SSSR count). The summed E-state index contributed by atoms with van der Waals surface area (Å²) in [6, 6.07) is 19.6. The van der Waals surface area contributed by atoms with Crippen LogP contribution < -0.4 is 4.74 Å². The van der Waals surface area contributed by atoms with Crippen molar-refractivity contribution in [3.8, 4) is 27.2 Å². The van der Waals surface area contributed by atoms with Crippen molar-refractivity contribution in [1.29, 1.82) is 0 Å². The summed E-state index contributed by atoms with van der Waals surface area (Å²) >= 11 is -0.133. The van der Waals surface area contributed by atoms with Crippen LogP contribution >= 0.6 is 0 Å². The van der Waals surface area contributed by atoms with Gasteiger partial charge in [0.15, 0.2) is 0 Å². The van der Waals surface area contributed by atoms with Gasteiger partial charge in [-0.2, -0.15) is 0 Å². The van der Waals surface area contributed by atoms with Gasteiger partial charge in [0.25, 0.3) is 0 Å². The van der Waals surface area contributed by atoms with Gasteiger partial charge in [0.1, 0.15) is 0 Å². The predicted molar refractivity (Wildman–Crippen MR) is 140 cm³/mol. The molecular formula is C29H29NO4Se. The summed E-state index contributed by atoms with van der Waals surface area (Å²) in [6.07, 6.45) is 5.18. The van der Waals surface area contributed by atoms with Crippen LogP contribution in [0.25, 0.3) is 19.6 Å². The molecule has 0 aliphatic carbocycles. The molecule has 1 fully saturated rings. The van der Waals surface area contributed by atoms with E-state index >= 15 is 0 Å². The summed E-state index contributed by atoms with van der Waals surface area (Å²) in [4.78, 5) is 16.2. The molecule has 2 heterocycles. The first-order chi connectivity index (χ1) is 17.1. The second-order valence-electron chi connectivity index (χ2n) is 8.99. The molecule has 35 heavy (non-hydrogen) atoms. The van der Waals surface area contributed by atoms with Crippen molar-refractivity contribution in [2.75, 3.05) is 26.2 Å². The third kappa shape index (κ3) is 5.46. The van der Waals surface area contributed by atoms with E-state index in [1.165, 1.54) is 25.7 Å². The second-order valence-corrected chi connectivity index (χ2v) is 11.2. The number of rotatable bonds is 7. The molecule has 180 valence electrons. The fourth-order valence-electron chi connectivity index (χ4n) is 4.63. The fraction of sp³-hybridized carbons (Fsp3) is 0.276. The van der Waals surface area contributed by atoms with E-state index in [1.54, 1.807) is 24.3 Å². The molecular weight excluding hydrogens is 505 g/mol. The fourth-order valence-corrected chi connectivity index (χ4v) is 7.22. The standard InChI is InChI=1S/C29H29NO4Se/c31-22-9-5-21(6-10-22)29-27(25-14-11-23(32)19-26(25)35-29)28(33)20-7-12-24(13-8-20)34-18-17-30-15-3-1-2-4-16-30/h5-14,19,31-32H,1-4,15-18H2. The number of carbonyl (C=O) groups is 1. The number of phenols is 2. The van der Waals surface area contributed by atoms with Crippen LogP contribution in [0.3, 0.4) is 0 Å². The van der Waals surface area contributed by atoms with Gasteiger partial charge in [-0.15, -0.1) is 0 Å². The van der Waals surface area contributed by atoms with Crippen molar-refractivity contribution in [3.05, 3.63) is 77.9 Å². The molecule has 0 unspecified atom stereocenters. The van der Waals surface area contributed by atoms with E-state index in [0.29, 0.717) is 17.7 Å². The normalized spacial score (nSPS) is 14.6. The van der Waals surface area contributed by atoms with Crippen molar-refractivity contribution in [1.82, 2.24) is 4.90 Å². The summed E-state index contributed by atoms with van der Waals surface area (Å²) in [5, 5.41) is 20.6. The average Bonchev–Trinajstić information content (AvgIpc) is 3.04. The summed E-state index contributed by atoms with van der Waals surface area (Å²) in [5.74, 6) is 1.11. The third-order valence-electron chi connectivity index (χ3n) is 6.52. The Labute approximate surface area is 211 Å². The number of likely N-dealkylation sites (tertiary alicyclic amines) is 1. The first-order valence-corrected chi connectivity index (χ1v) is 13.8. The molecule has 0 amide bonds. The number of fused-ring (bicyclic) bond motifs is 1. The number of carbonyl (C=O) groups excluding carboxylic acids is 1. The minimum absolute atomic E-state index is 0.0458. The Morgan fingerprint density at radius 2 is 1.54 bits per heavy atom. The molecule has 1 aromatic heterocycles. The Kier molecular flexibility index (Phi) is 7.24. The number of phenolic OH excluding ortho intramolecular Hbond substituents is 2. The van der Waals surface area contributed by atoms with Gasteiger partial charge in [-0.1, -0.05) is 12.8 Å². The Hall–Kier alpha value is -3.05. The zero-order valence-corrected chi connectivity index (χ0v) is 21.3. The minimum atomic E-state index is -0.133. The zero-order valence-electron chi connectivity index (χ0n) is 19.6. The molecule has 1 saturated heterocycles. The number of hydrogen-bond donors (Lipinski definition) is 2. The van der Waals surface area contributed by atoms with Crippen LogP contribution in [0, 0.1) is 0 Å². The average molecular weight is 535 g/mol. The van der Waals surface area contributed by atoms with Crippen LogP contribution in [0.5, 0.6) is 17.2 Å². The first kappa shape index (κ1) is 23.7. The van der Waals surface area contributed by atoms with Crippen LogP contribution in [-0.4, -0.2) is 61.6 Å². The first-order valence-electron chi connectivity index (χ1n) is 12.1. The molecule has 1 aliphatic heterocycles. The molecule has 0 saturated carbocycles. The van der Waals surface area contributed by atoms with Gasteiger partial charge >= 0.3 is 186 Å². The molecule has 5 nitrogen and oxygen atoms in total. The van der Waals surface area contributed by atoms with Gasteiger partial charge in [0, 0.05) is 0 Å². The summed E-state index contributed by atoms with van der Waals surface area (Å²) in [5.41, 5.74) is 2.18. The van der Waals surface area contributed by atoms with Crippen molar-refractivity contribution >= 4 is 29.9 Å². The number of ether oxygens (including phenoxy) is 1. The second kappa shape index (κ2) is 10.7. The van der Waals surface area contributed by atoms with Crippen molar-refractivity contribution in [3.63, 3.8) is 0 Å². The van der Waals surface area contributed by atoms with E-state index < -0.39 is 0 Å². The van der Waals surface area contributed by atoms with Crippen LogP contribution in [0.15, 0.2) is 66.7 Å². The van der Waals surface area contributed by atoms with E-state index in [1.807, 2.05) is 42.5 Å². The van der Waals surface area contributed by atoms with Gasteiger partial charge in [0.2, 0.25) is 0 Å². The van der Waals surface area contributed by atoms with E-state index in [-0.39, 0.29) is 31.8 Å².